The summed E-state index contributed by atoms with van der Waals surface area (Å²) >= 11 is 0. The number of carbonyl (C=O) groups is 2. The summed E-state index contributed by atoms with van der Waals surface area (Å²) in [4.78, 5) is 29.1. The van der Waals surface area contributed by atoms with E-state index in [4.69, 9.17) is 5.73 Å². The van der Waals surface area contributed by atoms with Crippen LogP contribution in [0.25, 0.3) is 0 Å². The normalized spacial score (nSPS) is 16.8. The summed E-state index contributed by atoms with van der Waals surface area (Å²) < 4.78 is 0. The van der Waals surface area contributed by atoms with E-state index >= 15 is 0 Å². The van der Waals surface area contributed by atoms with Crippen molar-refractivity contribution in [3.63, 3.8) is 0 Å². The average Bonchev–Trinajstić information content (AvgIpc) is 2.47. The predicted molar refractivity (Wildman–Crippen MR) is 74.4 cm³/mol. The van der Waals surface area contributed by atoms with Gasteiger partial charge in [-0.15, -0.1) is 0 Å². The molecule has 1 fully saturated rings. The highest BCUT2D eigenvalue weighted by Gasteiger charge is 2.23. The highest BCUT2D eigenvalue weighted by molar-refractivity contribution is 5.78. The highest BCUT2D eigenvalue weighted by Crippen LogP contribution is 2.15. The van der Waals surface area contributed by atoms with Crippen LogP contribution in [0.5, 0.6) is 0 Å². The standard InChI is InChI=1S/C14H20N4O2/c15-14(20)11-4-7-18(8-5-11)10-13(19)17-9-12-3-1-2-6-16-12/h1-3,6,11H,4-5,7-10H2,(H2,15,20)(H,17,19). The van der Waals surface area contributed by atoms with Gasteiger partial charge in [0.2, 0.25) is 11.8 Å². The minimum Gasteiger partial charge on any atom is -0.369 e. The molecule has 0 unspecified atom stereocenters. The second-order valence-corrected chi connectivity index (χ2v) is 5.05. The van der Waals surface area contributed by atoms with Gasteiger partial charge in [0, 0.05) is 12.1 Å². The van der Waals surface area contributed by atoms with Crippen LogP contribution in [-0.2, 0) is 16.1 Å². The van der Waals surface area contributed by atoms with Crippen LogP contribution in [0.1, 0.15) is 18.5 Å². The van der Waals surface area contributed by atoms with Crippen molar-refractivity contribution in [2.75, 3.05) is 19.6 Å². The maximum atomic E-state index is 11.8. The Morgan fingerprint density at radius 2 is 2.10 bits per heavy atom. The van der Waals surface area contributed by atoms with Crippen molar-refractivity contribution in [1.29, 1.82) is 0 Å². The van der Waals surface area contributed by atoms with Gasteiger partial charge < -0.3 is 11.1 Å². The number of likely N-dealkylation sites (tertiary alicyclic amines) is 1. The van der Waals surface area contributed by atoms with Crippen LogP contribution in [0.4, 0.5) is 0 Å². The van der Waals surface area contributed by atoms with Crippen molar-refractivity contribution in [2.45, 2.75) is 19.4 Å². The average molecular weight is 276 g/mol. The van der Waals surface area contributed by atoms with Gasteiger partial charge in [0.15, 0.2) is 0 Å². The Labute approximate surface area is 118 Å². The summed E-state index contributed by atoms with van der Waals surface area (Å²) in [6, 6.07) is 5.61. The van der Waals surface area contributed by atoms with Crippen LogP contribution in [0.15, 0.2) is 24.4 Å². The molecule has 2 amide bonds. The molecule has 1 aliphatic rings. The highest BCUT2D eigenvalue weighted by atomic mass is 16.2. The van der Waals surface area contributed by atoms with Gasteiger partial charge in [-0.1, -0.05) is 6.07 Å². The lowest BCUT2D eigenvalue weighted by molar-refractivity contribution is -0.124. The molecular weight excluding hydrogens is 256 g/mol. The van der Waals surface area contributed by atoms with E-state index < -0.39 is 0 Å². The maximum absolute atomic E-state index is 11.8. The molecule has 2 rings (SSSR count). The van der Waals surface area contributed by atoms with Crippen molar-refractivity contribution in [3.8, 4) is 0 Å². The first-order valence-corrected chi connectivity index (χ1v) is 6.83. The van der Waals surface area contributed by atoms with Gasteiger partial charge in [-0.05, 0) is 38.1 Å². The van der Waals surface area contributed by atoms with Crippen LogP contribution >= 0.6 is 0 Å². The van der Waals surface area contributed by atoms with E-state index in [9.17, 15) is 9.59 Å². The number of hydrogen-bond acceptors (Lipinski definition) is 4. The largest absolute Gasteiger partial charge is 0.369 e. The number of pyridine rings is 1. The van der Waals surface area contributed by atoms with Crippen molar-refractivity contribution in [1.82, 2.24) is 15.2 Å². The monoisotopic (exact) mass is 276 g/mol. The molecule has 1 aromatic heterocycles. The number of hydrogen-bond donors (Lipinski definition) is 2. The molecule has 1 aliphatic heterocycles. The van der Waals surface area contributed by atoms with E-state index in [1.807, 2.05) is 23.1 Å². The molecule has 6 heteroatoms. The first kappa shape index (κ1) is 14.5. The lowest BCUT2D eigenvalue weighted by atomic mass is 9.96. The van der Waals surface area contributed by atoms with Crippen LogP contribution < -0.4 is 11.1 Å². The van der Waals surface area contributed by atoms with Gasteiger partial charge in [-0.3, -0.25) is 19.5 Å². The number of nitrogens with two attached hydrogens (primary N) is 1. The molecule has 3 N–H and O–H groups in total. The molecule has 0 spiro atoms. The molecule has 20 heavy (non-hydrogen) atoms. The molecule has 2 heterocycles. The Kier molecular flexibility index (Phi) is 5.06. The Bertz CT molecular complexity index is 456. The molecule has 0 atom stereocenters. The van der Waals surface area contributed by atoms with Crippen LogP contribution in [0.3, 0.4) is 0 Å². The first-order chi connectivity index (χ1) is 9.65. The summed E-state index contributed by atoms with van der Waals surface area (Å²) in [5, 5.41) is 2.85. The predicted octanol–water partition coefficient (Wildman–Crippen LogP) is -0.105. The van der Waals surface area contributed by atoms with E-state index in [0.29, 0.717) is 13.1 Å². The molecule has 6 nitrogen and oxygen atoms in total. The lowest BCUT2D eigenvalue weighted by Crippen LogP contribution is -2.43. The number of primary amides is 1. The van der Waals surface area contributed by atoms with Gasteiger partial charge >= 0.3 is 0 Å². The van der Waals surface area contributed by atoms with E-state index in [1.54, 1.807) is 6.20 Å². The number of nitrogens with zero attached hydrogens (tertiary/aromatic N) is 2. The molecule has 0 bridgehead atoms. The zero-order valence-corrected chi connectivity index (χ0v) is 11.4. The van der Waals surface area contributed by atoms with E-state index in [-0.39, 0.29) is 17.7 Å². The van der Waals surface area contributed by atoms with Crippen LogP contribution in [-0.4, -0.2) is 41.3 Å². The minimum atomic E-state index is -0.232. The molecule has 1 saturated heterocycles. The fourth-order valence-electron chi connectivity index (χ4n) is 2.33. The summed E-state index contributed by atoms with van der Waals surface area (Å²) in [6.07, 6.45) is 3.18. The van der Waals surface area contributed by atoms with Crippen LogP contribution in [0.2, 0.25) is 0 Å². The van der Waals surface area contributed by atoms with Crippen LogP contribution in [0, 0.1) is 5.92 Å². The van der Waals surface area contributed by atoms with Crippen molar-refractivity contribution < 1.29 is 9.59 Å². The molecule has 0 aromatic carbocycles. The minimum absolute atomic E-state index is 0.0202. The number of carbonyl (C=O) groups excluding carboxylic acids is 2. The molecule has 0 saturated carbocycles. The summed E-state index contributed by atoms with van der Waals surface area (Å²) in [6.45, 7) is 2.28. The molecule has 108 valence electrons. The van der Waals surface area contributed by atoms with E-state index in [1.165, 1.54) is 0 Å². The van der Waals surface area contributed by atoms with Gasteiger partial charge in [0.1, 0.15) is 0 Å². The number of piperidine rings is 1. The lowest BCUT2D eigenvalue weighted by Gasteiger charge is -2.29. The Hall–Kier alpha value is -1.95. The Morgan fingerprint density at radius 1 is 1.35 bits per heavy atom. The number of rotatable bonds is 5. The number of amides is 2. The van der Waals surface area contributed by atoms with Gasteiger partial charge in [0.05, 0.1) is 18.8 Å². The number of aromatic nitrogens is 1. The van der Waals surface area contributed by atoms with E-state index in [0.717, 1.165) is 31.6 Å². The Balaban J connectivity index is 1.69. The fourth-order valence-corrected chi connectivity index (χ4v) is 2.33. The molecule has 1 aromatic rings. The summed E-state index contributed by atoms with van der Waals surface area (Å²) in [7, 11) is 0. The molecule has 0 radical (unpaired) electrons. The summed E-state index contributed by atoms with van der Waals surface area (Å²) in [5.41, 5.74) is 6.12. The smallest absolute Gasteiger partial charge is 0.234 e. The van der Waals surface area contributed by atoms with Gasteiger partial charge in [0.25, 0.3) is 0 Å². The van der Waals surface area contributed by atoms with Crippen molar-refractivity contribution >= 4 is 11.8 Å². The fraction of sp³-hybridized carbons (Fsp3) is 0.500. The van der Waals surface area contributed by atoms with Crippen molar-refractivity contribution in [3.05, 3.63) is 30.1 Å². The van der Waals surface area contributed by atoms with Crippen molar-refractivity contribution in [2.24, 2.45) is 11.7 Å². The molecule has 0 aliphatic carbocycles. The zero-order chi connectivity index (χ0) is 14.4. The van der Waals surface area contributed by atoms with E-state index in [2.05, 4.69) is 10.3 Å². The van der Waals surface area contributed by atoms with Gasteiger partial charge in [-0.2, -0.15) is 0 Å². The Morgan fingerprint density at radius 3 is 2.70 bits per heavy atom. The third-order valence-corrected chi connectivity index (χ3v) is 3.55. The SMILES string of the molecule is NC(=O)C1CCN(CC(=O)NCc2ccccn2)CC1. The zero-order valence-electron chi connectivity index (χ0n) is 11.4. The second kappa shape index (κ2) is 7.00. The third kappa shape index (κ3) is 4.31. The number of nitrogens with one attached hydrogen (secondary N) is 1. The first-order valence-electron chi connectivity index (χ1n) is 6.83. The van der Waals surface area contributed by atoms with Gasteiger partial charge in [-0.25, -0.2) is 0 Å². The topological polar surface area (TPSA) is 88.3 Å². The summed E-state index contributed by atoms with van der Waals surface area (Å²) in [5.74, 6) is -0.291. The maximum Gasteiger partial charge on any atom is 0.234 e. The quantitative estimate of drug-likeness (QED) is 0.785. The third-order valence-electron chi connectivity index (χ3n) is 3.55. The second-order valence-electron chi connectivity index (χ2n) is 5.05. The molecular formula is C14H20N4O2.